The second kappa shape index (κ2) is 7.61. The topological polar surface area (TPSA) is 63.4 Å². The lowest BCUT2D eigenvalue weighted by molar-refractivity contribution is -0.130. The van der Waals surface area contributed by atoms with Crippen molar-refractivity contribution in [1.82, 2.24) is 19.0 Å². The van der Waals surface area contributed by atoms with Gasteiger partial charge in [-0.15, -0.1) is 0 Å². The summed E-state index contributed by atoms with van der Waals surface area (Å²) < 4.78 is 4.01. The number of benzene rings is 1. The van der Waals surface area contributed by atoms with E-state index in [0.717, 1.165) is 49.4 Å². The number of carbonyl (C=O) groups excluding carboxylic acids is 1. The van der Waals surface area contributed by atoms with E-state index in [4.69, 9.17) is 4.98 Å². The van der Waals surface area contributed by atoms with Gasteiger partial charge in [0, 0.05) is 57.5 Å². The molecule has 0 saturated heterocycles. The number of aryl methyl sites for hydroxylation is 2. The molecule has 3 aliphatic rings. The van der Waals surface area contributed by atoms with Gasteiger partial charge in [0.05, 0.1) is 12.2 Å². The van der Waals surface area contributed by atoms with Crippen LogP contribution >= 0.6 is 0 Å². The van der Waals surface area contributed by atoms with Gasteiger partial charge in [0.25, 0.3) is 0 Å². The van der Waals surface area contributed by atoms with Gasteiger partial charge >= 0.3 is 0 Å². The van der Waals surface area contributed by atoms with E-state index in [2.05, 4.69) is 27.7 Å². The smallest absolute Gasteiger partial charge is 0.250 e. The first-order valence-corrected chi connectivity index (χ1v) is 11.9. The Morgan fingerprint density at radius 2 is 1.88 bits per heavy atom. The predicted octanol–water partition coefficient (Wildman–Crippen LogP) is 3.57. The lowest BCUT2D eigenvalue weighted by Crippen LogP contribution is -2.38. The Labute approximate surface area is 193 Å². The standard InChI is InChI=1S/C26H29N5O2/c1-17(32)29-12-13-31-23(16-29)26(27-25(31)18-5-6-18)30-11-3-4-20-14-19(7-9-22(20)30)21-8-10-24(33)28(2)15-21/h7-10,14-15,18H,3-6,11-13,16H2,1-2H3. The Balaban J connectivity index is 1.41. The van der Waals surface area contributed by atoms with Crippen molar-refractivity contribution >= 4 is 17.4 Å². The Morgan fingerprint density at radius 3 is 2.64 bits per heavy atom. The zero-order valence-corrected chi connectivity index (χ0v) is 19.3. The van der Waals surface area contributed by atoms with Gasteiger partial charge < -0.3 is 18.9 Å². The summed E-state index contributed by atoms with van der Waals surface area (Å²) >= 11 is 0. The monoisotopic (exact) mass is 443 g/mol. The molecule has 2 aromatic heterocycles. The maximum Gasteiger partial charge on any atom is 0.250 e. The molecule has 33 heavy (non-hydrogen) atoms. The highest BCUT2D eigenvalue weighted by Gasteiger charge is 2.36. The van der Waals surface area contributed by atoms with Crippen molar-refractivity contribution < 1.29 is 4.79 Å². The minimum absolute atomic E-state index is 0.00138. The second-order valence-corrected chi connectivity index (χ2v) is 9.57. The first kappa shape index (κ1) is 20.3. The number of pyridine rings is 1. The van der Waals surface area contributed by atoms with Crippen molar-refractivity contribution in [1.29, 1.82) is 0 Å². The molecule has 2 aliphatic heterocycles. The number of aromatic nitrogens is 3. The number of hydrogen-bond acceptors (Lipinski definition) is 4. The molecule has 0 atom stereocenters. The van der Waals surface area contributed by atoms with Crippen LogP contribution in [0.5, 0.6) is 0 Å². The summed E-state index contributed by atoms with van der Waals surface area (Å²) in [6.45, 7) is 4.81. The average molecular weight is 444 g/mol. The molecule has 0 bridgehead atoms. The van der Waals surface area contributed by atoms with E-state index in [9.17, 15) is 9.59 Å². The Bertz CT molecular complexity index is 1320. The first-order valence-electron chi connectivity index (χ1n) is 11.9. The first-order chi connectivity index (χ1) is 16.0. The van der Waals surface area contributed by atoms with Crippen LogP contribution in [0.2, 0.25) is 0 Å². The fraction of sp³-hybridized carbons (Fsp3) is 0.423. The van der Waals surface area contributed by atoms with Crippen molar-refractivity contribution in [2.24, 2.45) is 7.05 Å². The van der Waals surface area contributed by atoms with Crippen LogP contribution in [0.3, 0.4) is 0 Å². The molecule has 0 radical (unpaired) electrons. The molecule has 1 amide bonds. The van der Waals surface area contributed by atoms with Crippen LogP contribution in [0, 0.1) is 0 Å². The van der Waals surface area contributed by atoms with Crippen molar-refractivity contribution in [3.8, 4) is 11.1 Å². The van der Waals surface area contributed by atoms with E-state index in [0.29, 0.717) is 12.5 Å². The fourth-order valence-corrected chi connectivity index (χ4v) is 5.28. The molecule has 0 N–H and O–H groups in total. The van der Waals surface area contributed by atoms with Crippen LogP contribution in [-0.2, 0) is 31.4 Å². The number of fused-ring (bicyclic) bond motifs is 2. The van der Waals surface area contributed by atoms with E-state index in [-0.39, 0.29) is 11.5 Å². The Kier molecular flexibility index (Phi) is 4.67. The van der Waals surface area contributed by atoms with Crippen LogP contribution in [0.1, 0.15) is 49.2 Å². The molecule has 0 unspecified atom stereocenters. The fourth-order valence-electron chi connectivity index (χ4n) is 5.28. The normalized spacial score (nSPS) is 17.6. The number of rotatable bonds is 3. The van der Waals surface area contributed by atoms with Gasteiger partial charge in [0.1, 0.15) is 5.82 Å². The number of anilines is 2. The third-order valence-corrected chi connectivity index (χ3v) is 7.28. The van der Waals surface area contributed by atoms with E-state index in [1.54, 1.807) is 24.6 Å². The molecule has 1 aromatic carbocycles. The molecule has 3 aromatic rings. The van der Waals surface area contributed by atoms with Crippen LogP contribution in [0.4, 0.5) is 11.5 Å². The van der Waals surface area contributed by atoms with Crippen molar-refractivity contribution in [3.63, 3.8) is 0 Å². The number of hydrogen-bond donors (Lipinski definition) is 0. The third-order valence-electron chi connectivity index (χ3n) is 7.28. The highest BCUT2D eigenvalue weighted by Crippen LogP contribution is 2.44. The summed E-state index contributed by atoms with van der Waals surface area (Å²) in [5, 5.41) is 0. The zero-order valence-electron chi connectivity index (χ0n) is 19.3. The lowest BCUT2D eigenvalue weighted by atomic mass is 9.96. The van der Waals surface area contributed by atoms with Gasteiger partial charge in [-0.3, -0.25) is 9.59 Å². The summed E-state index contributed by atoms with van der Waals surface area (Å²) in [5.74, 6) is 2.93. The van der Waals surface area contributed by atoms with E-state index >= 15 is 0 Å². The summed E-state index contributed by atoms with van der Waals surface area (Å²) in [7, 11) is 1.79. The molecule has 7 heteroatoms. The van der Waals surface area contributed by atoms with E-state index < -0.39 is 0 Å². The van der Waals surface area contributed by atoms with Gasteiger partial charge in [0.15, 0.2) is 5.82 Å². The number of imidazole rings is 1. The third kappa shape index (κ3) is 3.46. The Hall–Kier alpha value is -3.35. The van der Waals surface area contributed by atoms with Gasteiger partial charge in [0.2, 0.25) is 11.5 Å². The van der Waals surface area contributed by atoms with Crippen LogP contribution < -0.4 is 10.5 Å². The van der Waals surface area contributed by atoms with Gasteiger partial charge in [-0.1, -0.05) is 6.07 Å². The van der Waals surface area contributed by atoms with Gasteiger partial charge in [-0.2, -0.15) is 0 Å². The van der Waals surface area contributed by atoms with Gasteiger partial charge in [-0.05, 0) is 60.6 Å². The van der Waals surface area contributed by atoms with Crippen LogP contribution in [0.15, 0.2) is 41.3 Å². The van der Waals surface area contributed by atoms with Crippen molar-refractivity contribution in [3.05, 3.63) is 64.0 Å². The maximum absolute atomic E-state index is 12.1. The van der Waals surface area contributed by atoms with E-state index in [1.165, 1.54) is 35.6 Å². The molecule has 0 spiro atoms. The summed E-state index contributed by atoms with van der Waals surface area (Å²) in [5.41, 5.74) is 5.86. The largest absolute Gasteiger partial charge is 0.335 e. The molecule has 6 rings (SSSR count). The number of carbonyl (C=O) groups is 1. The molecule has 1 fully saturated rings. The summed E-state index contributed by atoms with van der Waals surface area (Å²) in [6.07, 6.45) is 6.41. The lowest BCUT2D eigenvalue weighted by Gasteiger charge is -2.33. The SMILES string of the molecule is CC(=O)N1CCn2c(C3CC3)nc(N3CCCc4cc(-c5ccc(=O)n(C)c5)ccc43)c2C1. The number of nitrogens with zero attached hydrogens (tertiary/aromatic N) is 5. The zero-order chi connectivity index (χ0) is 22.7. The minimum Gasteiger partial charge on any atom is -0.335 e. The molecule has 4 heterocycles. The molecule has 1 aliphatic carbocycles. The van der Waals surface area contributed by atoms with E-state index in [1.807, 2.05) is 17.2 Å². The molecule has 170 valence electrons. The van der Waals surface area contributed by atoms with Crippen LogP contribution in [0.25, 0.3) is 11.1 Å². The summed E-state index contributed by atoms with van der Waals surface area (Å²) in [4.78, 5) is 33.4. The van der Waals surface area contributed by atoms with Crippen LogP contribution in [-0.4, -0.2) is 38.0 Å². The maximum atomic E-state index is 12.1. The van der Waals surface area contributed by atoms with Crippen molar-refractivity contribution in [2.75, 3.05) is 18.0 Å². The number of amides is 1. The molecule has 1 saturated carbocycles. The molecular formula is C26H29N5O2. The van der Waals surface area contributed by atoms with Gasteiger partial charge in [-0.25, -0.2) is 4.98 Å². The quantitative estimate of drug-likeness (QED) is 0.621. The minimum atomic E-state index is -0.00138. The second-order valence-electron chi connectivity index (χ2n) is 9.57. The molecular weight excluding hydrogens is 414 g/mol. The average Bonchev–Trinajstić information content (AvgIpc) is 3.60. The molecule has 7 nitrogen and oxygen atoms in total. The predicted molar refractivity (Wildman–Crippen MR) is 128 cm³/mol. The highest BCUT2D eigenvalue weighted by molar-refractivity contribution is 5.75. The Morgan fingerprint density at radius 1 is 1.06 bits per heavy atom. The summed E-state index contributed by atoms with van der Waals surface area (Å²) in [6, 6.07) is 10.1. The van der Waals surface area contributed by atoms with Crippen molar-refractivity contribution in [2.45, 2.75) is 51.6 Å². The highest BCUT2D eigenvalue weighted by atomic mass is 16.2.